The van der Waals surface area contributed by atoms with E-state index in [1.54, 1.807) is 0 Å². The third-order valence-electron chi connectivity index (χ3n) is 5.33. The van der Waals surface area contributed by atoms with E-state index >= 15 is 0 Å². The molecule has 2 bridgehead atoms. The van der Waals surface area contributed by atoms with Crippen molar-refractivity contribution in [3.05, 3.63) is 0 Å². The number of halogens is 1. The molecule has 3 rings (SSSR count). The van der Waals surface area contributed by atoms with Crippen molar-refractivity contribution in [2.24, 2.45) is 5.92 Å². The number of rotatable bonds is 5. The van der Waals surface area contributed by atoms with Crippen molar-refractivity contribution in [2.75, 3.05) is 0 Å². The SMILES string of the molecule is Cl.O=C(CCCC1CCCC1)NC1CC2CCC(C1)N2. The minimum atomic E-state index is 0. The second kappa shape index (κ2) is 7.65. The maximum atomic E-state index is 12.0. The molecule has 1 aliphatic carbocycles. The Morgan fingerprint density at radius 2 is 1.70 bits per heavy atom. The summed E-state index contributed by atoms with van der Waals surface area (Å²) in [4.78, 5) is 12.0. The second-order valence-corrected chi connectivity index (χ2v) is 6.92. The first-order valence-corrected chi connectivity index (χ1v) is 8.35. The fourth-order valence-electron chi connectivity index (χ4n) is 4.33. The van der Waals surface area contributed by atoms with Gasteiger partial charge in [0.05, 0.1) is 0 Å². The zero-order valence-corrected chi connectivity index (χ0v) is 13.2. The molecule has 4 heteroatoms. The average Bonchev–Trinajstić information content (AvgIpc) is 2.99. The molecule has 1 amide bonds. The number of hydrogen-bond acceptors (Lipinski definition) is 2. The Bertz CT molecular complexity index is 306. The van der Waals surface area contributed by atoms with Crippen LogP contribution in [0.15, 0.2) is 0 Å². The number of hydrogen-bond donors (Lipinski definition) is 2. The van der Waals surface area contributed by atoms with Gasteiger partial charge >= 0.3 is 0 Å². The van der Waals surface area contributed by atoms with Crippen LogP contribution in [0, 0.1) is 5.92 Å². The van der Waals surface area contributed by atoms with Crippen molar-refractivity contribution in [3.8, 4) is 0 Å². The summed E-state index contributed by atoms with van der Waals surface area (Å²) in [5.41, 5.74) is 0. The van der Waals surface area contributed by atoms with Crippen LogP contribution in [0.3, 0.4) is 0 Å². The molecule has 2 aliphatic heterocycles. The predicted molar refractivity (Wildman–Crippen MR) is 84.2 cm³/mol. The lowest BCUT2D eigenvalue weighted by atomic mass is 9.98. The molecule has 0 aromatic rings. The van der Waals surface area contributed by atoms with Crippen LogP contribution in [-0.4, -0.2) is 24.0 Å². The van der Waals surface area contributed by atoms with Crippen LogP contribution in [0.1, 0.15) is 70.6 Å². The standard InChI is InChI=1S/C16H28N2O.ClH/c19-16(7-3-6-12-4-1-2-5-12)18-15-10-13-8-9-14(11-15)17-13;/h12-15,17H,1-11H2,(H,18,19);1H. The summed E-state index contributed by atoms with van der Waals surface area (Å²) in [7, 11) is 0. The van der Waals surface area contributed by atoms with E-state index in [4.69, 9.17) is 0 Å². The van der Waals surface area contributed by atoms with Gasteiger partial charge in [0, 0.05) is 24.5 Å². The molecule has 0 aromatic carbocycles. The van der Waals surface area contributed by atoms with Gasteiger partial charge in [-0.2, -0.15) is 0 Å². The number of piperidine rings is 1. The van der Waals surface area contributed by atoms with Gasteiger partial charge in [-0.05, 0) is 44.4 Å². The monoisotopic (exact) mass is 300 g/mol. The lowest BCUT2D eigenvalue weighted by Crippen LogP contribution is -2.47. The predicted octanol–water partition coefficient (Wildman–Crippen LogP) is 3.17. The molecule has 2 unspecified atom stereocenters. The lowest BCUT2D eigenvalue weighted by molar-refractivity contribution is -0.122. The van der Waals surface area contributed by atoms with Gasteiger partial charge in [0.25, 0.3) is 0 Å². The van der Waals surface area contributed by atoms with Crippen molar-refractivity contribution >= 4 is 18.3 Å². The summed E-state index contributed by atoms with van der Waals surface area (Å²) >= 11 is 0. The maximum Gasteiger partial charge on any atom is 0.220 e. The van der Waals surface area contributed by atoms with Gasteiger partial charge in [-0.3, -0.25) is 4.79 Å². The molecule has 2 heterocycles. The van der Waals surface area contributed by atoms with Crippen molar-refractivity contribution in [3.63, 3.8) is 0 Å². The summed E-state index contributed by atoms with van der Waals surface area (Å²) in [6.45, 7) is 0. The van der Waals surface area contributed by atoms with Gasteiger partial charge in [-0.25, -0.2) is 0 Å². The van der Waals surface area contributed by atoms with Crippen molar-refractivity contribution in [2.45, 2.75) is 88.8 Å². The molecule has 20 heavy (non-hydrogen) atoms. The number of carbonyl (C=O) groups excluding carboxylic acids is 1. The fourth-order valence-corrected chi connectivity index (χ4v) is 4.33. The van der Waals surface area contributed by atoms with Gasteiger partial charge in [0.2, 0.25) is 5.91 Å². The second-order valence-electron chi connectivity index (χ2n) is 6.92. The number of nitrogens with one attached hydrogen (secondary N) is 2. The number of fused-ring (bicyclic) bond motifs is 2. The summed E-state index contributed by atoms with van der Waals surface area (Å²) in [5.74, 6) is 1.21. The summed E-state index contributed by atoms with van der Waals surface area (Å²) in [6, 6.07) is 1.78. The van der Waals surface area contributed by atoms with Crippen LogP contribution >= 0.6 is 12.4 Å². The first-order valence-electron chi connectivity index (χ1n) is 8.35. The van der Waals surface area contributed by atoms with E-state index in [0.717, 1.165) is 31.6 Å². The van der Waals surface area contributed by atoms with E-state index < -0.39 is 0 Å². The molecule has 0 spiro atoms. The van der Waals surface area contributed by atoms with Crippen LogP contribution in [0.25, 0.3) is 0 Å². The molecular weight excluding hydrogens is 272 g/mol. The van der Waals surface area contributed by atoms with Gasteiger partial charge in [0.1, 0.15) is 0 Å². The molecule has 3 aliphatic rings. The Kier molecular flexibility index (Phi) is 6.16. The quantitative estimate of drug-likeness (QED) is 0.819. The molecule has 1 saturated carbocycles. The minimum absolute atomic E-state index is 0. The van der Waals surface area contributed by atoms with Gasteiger partial charge < -0.3 is 10.6 Å². The van der Waals surface area contributed by atoms with Crippen LogP contribution in [0.2, 0.25) is 0 Å². The highest BCUT2D eigenvalue weighted by Crippen LogP contribution is 2.29. The Balaban J connectivity index is 0.00000147. The molecule has 2 atom stereocenters. The molecule has 2 saturated heterocycles. The largest absolute Gasteiger partial charge is 0.353 e. The average molecular weight is 301 g/mol. The Labute approximate surface area is 129 Å². The van der Waals surface area contributed by atoms with E-state index in [0.29, 0.717) is 24.0 Å². The van der Waals surface area contributed by atoms with E-state index in [-0.39, 0.29) is 12.4 Å². The molecule has 2 N–H and O–H groups in total. The molecular formula is C16H29ClN2O. The van der Waals surface area contributed by atoms with Crippen LogP contribution < -0.4 is 10.6 Å². The first-order chi connectivity index (χ1) is 9.29. The zero-order valence-electron chi connectivity index (χ0n) is 12.4. The lowest BCUT2D eigenvalue weighted by Gasteiger charge is -2.29. The van der Waals surface area contributed by atoms with Crippen molar-refractivity contribution in [1.82, 2.24) is 10.6 Å². The Morgan fingerprint density at radius 3 is 2.35 bits per heavy atom. The molecule has 0 aromatic heterocycles. The summed E-state index contributed by atoms with van der Waals surface area (Å²) in [5, 5.41) is 6.89. The third kappa shape index (κ3) is 4.36. The number of amides is 1. The van der Waals surface area contributed by atoms with Gasteiger partial charge in [0.15, 0.2) is 0 Å². The normalized spacial score (nSPS) is 32.9. The highest BCUT2D eigenvalue weighted by atomic mass is 35.5. The topological polar surface area (TPSA) is 41.1 Å². The van der Waals surface area contributed by atoms with E-state index in [2.05, 4.69) is 10.6 Å². The first kappa shape index (κ1) is 16.1. The molecule has 0 radical (unpaired) electrons. The van der Waals surface area contributed by atoms with Crippen LogP contribution in [0.4, 0.5) is 0 Å². The van der Waals surface area contributed by atoms with E-state index in [9.17, 15) is 4.79 Å². The molecule has 116 valence electrons. The third-order valence-corrected chi connectivity index (χ3v) is 5.33. The maximum absolute atomic E-state index is 12.0. The molecule has 3 nitrogen and oxygen atoms in total. The fraction of sp³-hybridized carbons (Fsp3) is 0.938. The summed E-state index contributed by atoms with van der Waals surface area (Å²) in [6.07, 6.45) is 13.6. The highest BCUT2D eigenvalue weighted by Gasteiger charge is 2.33. The van der Waals surface area contributed by atoms with Crippen molar-refractivity contribution < 1.29 is 4.79 Å². The smallest absolute Gasteiger partial charge is 0.220 e. The van der Waals surface area contributed by atoms with Crippen LogP contribution in [-0.2, 0) is 4.79 Å². The zero-order chi connectivity index (χ0) is 13.1. The number of carbonyl (C=O) groups is 1. The van der Waals surface area contributed by atoms with Gasteiger partial charge in [-0.1, -0.05) is 25.7 Å². The van der Waals surface area contributed by atoms with Gasteiger partial charge in [-0.15, -0.1) is 12.4 Å². The summed E-state index contributed by atoms with van der Waals surface area (Å²) < 4.78 is 0. The molecule has 3 fully saturated rings. The Morgan fingerprint density at radius 1 is 1.05 bits per heavy atom. The van der Waals surface area contributed by atoms with Crippen LogP contribution in [0.5, 0.6) is 0 Å². The highest BCUT2D eigenvalue weighted by molar-refractivity contribution is 5.85. The van der Waals surface area contributed by atoms with E-state index in [1.807, 2.05) is 0 Å². The Hall–Kier alpha value is -0.280. The van der Waals surface area contributed by atoms with Crippen molar-refractivity contribution in [1.29, 1.82) is 0 Å². The minimum Gasteiger partial charge on any atom is -0.353 e. The van der Waals surface area contributed by atoms with E-state index in [1.165, 1.54) is 44.9 Å².